The summed E-state index contributed by atoms with van der Waals surface area (Å²) in [5.41, 5.74) is 9.89. The van der Waals surface area contributed by atoms with Crippen LogP contribution in [0.15, 0.2) is 180 Å². The van der Waals surface area contributed by atoms with Crippen LogP contribution in [0.3, 0.4) is 0 Å². The Morgan fingerprint density at radius 3 is 1.67 bits per heavy atom. The fraction of sp³-hybridized carbons (Fsp3) is 0. The third kappa shape index (κ3) is 4.41. The number of hydrogen-bond donors (Lipinski definition) is 0. The average molecular weight is 664 g/mol. The molecule has 0 unspecified atom stereocenters. The molecule has 0 aliphatic heterocycles. The van der Waals surface area contributed by atoms with Crippen LogP contribution in [0.2, 0.25) is 0 Å². The predicted octanol–water partition coefficient (Wildman–Crippen LogP) is 12.8. The zero-order chi connectivity index (χ0) is 34.2. The van der Waals surface area contributed by atoms with Gasteiger partial charge < -0.3 is 8.98 Å². The van der Waals surface area contributed by atoms with E-state index >= 15 is 0 Å². The normalized spacial score (nSPS) is 11.8. The fourth-order valence-corrected chi connectivity index (χ4v) is 7.98. The maximum atomic E-state index is 6.15. The molecule has 0 aliphatic carbocycles. The molecule has 0 fully saturated rings. The molecule has 0 amide bonds. The van der Waals surface area contributed by atoms with Gasteiger partial charge in [-0.3, -0.25) is 0 Å². The Kier molecular flexibility index (Phi) is 6.22. The van der Waals surface area contributed by atoms with E-state index in [0.29, 0.717) is 5.82 Å². The van der Waals surface area contributed by atoms with Crippen LogP contribution in [0.25, 0.3) is 105 Å². The molecule has 242 valence electrons. The summed E-state index contributed by atoms with van der Waals surface area (Å²) in [6.07, 6.45) is 0. The lowest BCUT2D eigenvalue weighted by molar-refractivity contribution is 0.669. The lowest BCUT2D eigenvalue weighted by Gasteiger charge is -2.12. The number of aromatic nitrogens is 3. The van der Waals surface area contributed by atoms with E-state index in [4.69, 9.17) is 14.4 Å². The molecule has 3 aromatic heterocycles. The van der Waals surface area contributed by atoms with Crippen molar-refractivity contribution in [1.82, 2.24) is 14.5 Å². The first-order chi connectivity index (χ1) is 25.8. The minimum absolute atomic E-state index is 0.686. The number of fused-ring (bicyclic) bond motifs is 10. The van der Waals surface area contributed by atoms with Crippen molar-refractivity contribution in [3.8, 4) is 39.6 Å². The maximum absolute atomic E-state index is 6.15. The Labute approximate surface area is 298 Å². The molecule has 0 N–H and O–H groups in total. The third-order valence-electron chi connectivity index (χ3n) is 10.4. The van der Waals surface area contributed by atoms with E-state index in [9.17, 15) is 0 Å². The van der Waals surface area contributed by atoms with Gasteiger partial charge >= 0.3 is 0 Å². The number of nitrogens with zero attached hydrogens (tertiary/aromatic N) is 3. The van der Waals surface area contributed by atoms with Crippen LogP contribution in [0.5, 0.6) is 0 Å². The van der Waals surface area contributed by atoms with Gasteiger partial charge in [0.2, 0.25) is 0 Å². The van der Waals surface area contributed by atoms with Crippen LogP contribution in [0.1, 0.15) is 0 Å². The maximum Gasteiger partial charge on any atom is 0.160 e. The smallest absolute Gasteiger partial charge is 0.160 e. The van der Waals surface area contributed by atoms with Crippen LogP contribution in [-0.4, -0.2) is 14.5 Å². The SMILES string of the molecule is c1ccc(-c2nc(-c3cccc(-n4c5ccc6ccccc6c5c5c6ccccc6ccc54)c3)cc(-c3ccc4oc5ccccc5c4c3)n2)cc1. The average Bonchev–Trinajstić information content (AvgIpc) is 3.77. The molecule has 11 rings (SSSR count). The molecule has 8 aromatic carbocycles. The summed E-state index contributed by atoms with van der Waals surface area (Å²) in [4.78, 5) is 10.3. The highest BCUT2D eigenvalue weighted by atomic mass is 16.3. The minimum Gasteiger partial charge on any atom is -0.456 e. The summed E-state index contributed by atoms with van der Waals surface area (Å²) in [6, 6.07) is 62.0. The molecular formula is C48H29N3O. The summed E-state index contributed by atoms with van der Waals surface area (Å²) < 4.78 is 8.56. The second-order valence-electron chi connectivity index (χ2n) is 13.4. The van der Waals surface area contributed by atoms with Crippen molar-refractivity contribution in [3.05, 3.63) is 176 Å². The van der Waals surface area contributed by atoms with E-state index in [0.717, 1.165) is 55.7 Å². The first-order valence-electron chi connectivity index (χ1n) is 17.6. The first-order valence-corrected chi connectivity index (χ1v) is 17.6. The second-order valence-corrected chi connectivity index (χ2v) is 13.4. The summed E-state index contributed by atoms with van der Waals surface area (Å²) in [5.74, 6) is 0.686. The number of furan rings is 1. The first kappa shape index (κ1) is 28.8. The molecule has 0 saturated heterocycles. The second kappa shape index (κ2) is 11.2. The standard InChI is InChI=1S/C48H29N3O/c1-2-13-32(14-3-1)48-49-40(29-41(50-48)34-23-26-45-39(28-34)38-19-8-9-20-44(38)52-45)33-15-10-16-35(27-33)51-42-24-21-30-11-4-6-17-36(30)46(42)47-37-18-7-5-12-31(37)22-25-43(47)51/h1-29H. The number of benzene rings is 8. The van der Waals surface area contributed by atoms with E-state index in [-0.39, 0.29) is 0 Å². The van der Waals surface area contributed by atoms with Gasteiger partial charge in [0.15, 0.2) is 5.82 Å². The number of hydrogen-bond acceptors (Lipinski definition) is 3. The van der Waals surface area contributed by atoms with Crippen LogP contribution >= 0.6 is 0 Å². The summed E-state index contributed by atoms with van der Waals surface area (Å²) in [6.45, 7) is 0. The largest absolute Gasteiger partial charge is 0.456 e. The zero-order valence-electron chi connectivity index (χ0n) is 28.0. The van der Waals surface area contributed by atoms with E-state index in [1.54, 1.807) is 0 Å². The van der Waals surface area contributed by atoms with Crippen molar-refractivity contribution in [2.24, 2.45) is 0 Å². The van der Waals surface area contributed by atoms with Gasteiger partial charge in [-0.2, -0.15) is 0 Å². The van der Waals surface area contributed by atoms with Crippen molar-refractivity contribution in [2.75, 3.05) is 0 Å². The zero-order valence-corrected chi connectivity index (χ0v) is 28.0. The Balaban J connectivity index is 1.14. The molecule has 52 heavy (non-hydrogen) atoms. The fourth-order valence-electron chi connectivity index (χ4n) is 7.98. The van der Waals surface area contributed by atoms with Crippen molar-refractivity contribution in [2.45, 2.75) is 0 Å². The van der Waals surface area contributed by atoms with E-state index in [1.807, 2.05) is 36.4 Å². The van der Waals surface area contributed by atoms with Crippen molar-refractivity contribution in [1.29, 1.82) is 0 Å². The molecule has 11 aromatic rings. The third-order valence-corrected chi connectivity index (χ3v) is 10.4. The molecule has 3 heterocycles. The van der Waals surface area contributed by atoms with Crippen LogP contribution in [0.4, 0.5) is 0 Å². The van der Waals surface area contributed by atoms with E-state index < -0.39 is 0 Å². The van der Waals surface area contributed by atoms with Crippen molar-refractivity contribution >= 4 is 65.3 Å². The number of para-hydroxylation sites is 1. The van der Waals surface area contributed by atoms with Gasteiger partial charge in [0, 0.05) is 43.9 Å². The van der Waals surface area contributed by atoms with Gasteiger partial charge in [0.05, 0.1) is 22.4 Å². The quantitative estimate of drug-likeness (QED) is 0.188. The van der Waals surface area contributed by atoms with Gasteiger partial charge in [-0.05, 0) is 76.1 Å². The van der Waals surface area contributed by atoms with Gasteiger partial charge in [0.25, 0.3) is 0 Å². The molecule has 4 heteroatoms. The Morgan fingerprint density at radius 1 is 0.385 bits per heavy atom. The Morgan fingerprint density at radius 2 is 0.962 bits per heavy atom. The molecule has 0 atom stereocenters. The molecular weight excluding hydrogens is 635 g/mol. The highest BCUT2D eigenvalue weighted by molar-refractivity contribution is 6.28. The molecule has 4 nitrogen and oxygen atoms in total. The van der Waals surface area contributed by atoms with Gasteiger partial charge in [-0.15, -0.1) is 0 Å². The molecule has 0 bridgehead atoms. The minimum atomic E-state index is 0.686. The monoisotopic (exact) mass is 663 g/mol. The van der Waals surface area contributed by atoms with E-state index in [1.165, 1.54) is 43.4 Å². The van der Waals surface area contributed by atoms with Gasteiger partial charge in [-0.1, -0.05) is 121 Å². The highest BCUT2D eigenvalue weighted by Crippen LogP contribution is 2.41. The van der Waals surface area contributed by atoms with Gasteiger partial charge in [-0.25, -0.2) is 9.97 Å². The lowest BCUT2D eigenvalue weighted by atomic mass is 10.00. The predicted molar refractivity (Wildman–Crippen MR) is 215 cm³/mol. The summed E-state index contributed by atoms with van der Waals surface area (Å²) >= 11 is 0. The molecule has 0 spiro atoms. The lowest BCUT2D eigenvalue weighted by Crippen LogP contribution is -1.98. The van der Waals surface area contributed by atoms with Crippen molar-refractivity contribution < 1.29 is 4.42 Å². The molecule has 0 saturated carbocycles. The number of rotatable bonds is 4. The van der Waals surface area contributed by atoms with Gasteiger partial charge in [0.1, 0.15) is 11.2 Å². The van der Waals surface area contributed by atoms with Crippen LogP contribution in [0, 0.1) is 0 Å². The summed E-state index contributed by atoms with van der Waals surface area (Å²) in [5, 5.41) is 9.69. The topological polar surface area (TPSA) is 43.9 Å². The molecule has 0 radical (unpaired) electrons. The summed E-state index contributed by atoms with van der Waals surface area (Å²) in [7, 11) is 0. The van der Waals surface area contributed by atoms with E-state index in [2.05, 4.69) is 144 Å². The Bertz CT molecular complexity index is 3100. The Hall–Kier alpha value is -7.04. The molecule has 0 aliphatic rings. The van der Waals surface area contributed by atoms with Crippen LogP contribution in [-0.2, 0) is 0 Å². The van der Waals surface area contributed by atoms with Crippen molar-refractivity contribution in [3.63, 3.8) is 0 Å². The highest BCUT2D eigenvalue weighted by Gasteiger charge is 2.19. The van der Waals surface area contributed by atoms with Crippen LogP contribution < -0.4 is 0 Å².